The third kappa shape index (κ3) is 6.87. The smallest absolute Gasteiger partial charge is 0.382 e. The first-order valence-corrected chi connectivity index (χ1v) is 9.40. The molecule has 1 aromatic rings. The van der Waals surface area contributed by atoms with Crippen LogP contribution < -0.4 is 10.2 Å². The van der Waals surface area contributed by atoms with Gasteiger partial charge in [-0.05, 0) is 24.6 Å². The molecule has 28 heavy (non-hydrogen) atoms. The molecule has 0 aliphatic carbocycles. The summed E-state index contributed by atoms with van der Waals surface area (Å²) in [7, 11) is 3.37. The number of nitrogens with zero attached hydrogens (tertiary/aromatic N) is 3. The van der Waals surface area contributed by atoms with Gasteiger partial charge in [0, 0.05) is 59.2 Å². The Kier molecular flexibility index (Phi) is 8.85. The zero-order chi connectivity index (χ0) is 20.4. The molecular formula is C19H29F3N4O2. The molecule has 1 aliphatic heterocycles. The number of aliphatic imine (C=N–C) groups is 1. The third-order valence-corrected chi connectivity index (χ3v) is 4.51. The van der Waals surface area contributed by atoms with E-state index in [-0.39, 0.29) is 0 Å². The van der Waals surface area contributed by atoms with Crippen molar-refractivity contribution in [2.45, 2.75) is 12.6 Å². The highest BCUT2D eigenvalue weighted by atomic mass is 19.4. The molecule has 1 aliphatic rings. The summed E-state index contributed by atoms with van der Waals surface area (Å²) in [5.74, 6) is 0.806. The Labute approximate surface area is 164 Å². The van der Waals surface area contributed by atoms with Gasteiger partial charge in [0.15, 0.2) is 5.96 Å². The van der Waals surface area contributed by atoms with Crippen LogP contribution in [0, 0.1) is 0 Å². The maximum absolute atomic E-state index is 12.9. The number of piperazine rings is 1. The lowest BCUT2D eigenvalue weighted by Gasteiger charge is -2.37. The summed E-state index contributed by atoms with van der Waals surface area (Å²) in [5, 5.41) is 3.31. The van der Waals surface area contributed by atoms with Crippen molar-refractivity contribution in [2.75, 3.05) is 71.6 Å². The van der Waals surface area contributed by atoms with Gasteiger partial charge in [-0.25, -0.2) is 0 Å². The normalized spacial score (nSPS) is 15.8. The van der Waals surface area contributed by atoms with Crippen LogP contribution in [-0.4, -0.2) is 77.6 Å². The van der Waals surface area contributed by atoms with Gasteiger partial charge >= 0.3 is 6.18 Å². The predicted octanol–water partition coefficient (Wildman–Crippen LogP) is 2.46. The van der Waals surface area contributed by atoms with E-state index in [1.807, 2.05) is 4.90 Å². The fourth-order valence-electron chi connectivity index (χ4n) is 3.01. The Balaban J connectivity index is 1.77. The number of methoxy groups -OCH3 is 1. The van der Waals surface area contributed by atoms with Crippen LogP contribution in [0.15, 0.2) is 29.3 Å². The predicted molar refractivity (Wildman–Crippen MR) is 104 cm³/mol. The minimum Gasteiger partial charge on any atom is -0.382 e. The lowest BCUT2D eigenvalue weighted by atomic mass is 10.1. The molecule has 0 unspecified atom stereocenters. The summed E-state index contributed by atoms with van der Waals surface area (Å²) in [5.41, 5.74) is -0.0109. The fraction of sp³-hybridized carbons (Fsp3) is 0.632. The second-order valence-corrected chi connectivity index (χ2v) is 6.45. The van der Waals surface area contributed by atoms with Crippen molar-refractivity contribution >= 4 is 11.6 Å². The van der Waals surface area contributed by atoms with Crippen molar-refractivity contribution in [1.82, 2.24) is 10.2 Å². The van der Waals surface area contributed by atoms with E-state index in [1.54, 1.807) is 20.2 Å². The molecule has 1 N–H and O–H groups in total. The average Bonchev–Trinajstić information content (AvgIpc) is 2.70. The largest absolute Gasteiger partial charge is 0.416 e. The Hall–Kier alpha value is -2.00. The van der Waals surface area contributed by atoms with Crippen LogP contribution in [0.2, 0.25) is 0 Å². The summed E-state index contributed by atoms with van der Waals surface area (Å²) in [6.45, 7) is 5.24. The molecule has 0 aromatic heterocycles. The van der Waals surface area contributed by atoms with Crippen LogP contribution in [0.3, 0.4) is 0 Å². The molecule has 158 valence electrons. The Morgan fingerprint density at radius 2 is 1.89 bits per heavy atom. The maximum Gasteiger partial charge on any atom is 0.416 e. The zero-order valence-corrected chi connectivity index (χ0v) is 16.5. The second-order valence-electron chi connectivity index (χ2n) is 6.45. The zero-order valence-electron chi connectivity index (χ0n) is 16.5. The van der Waals surface area contributed by atoms with Gasteiger partial charge in [-0.15, -0.1) is 0 Å². The van der Waals surface area contributed by atoms with Crippen molar-refractivity contribution in [3.63, 3.8) is 0 Å². The highest BCUT2D eigenvalue weighted by Crippen LogP contribution is 2.31. The summed E-state index contributed by atoms with van der Waals surface area (Å²) in [6.07, 6.45) is -3.47. The van der Waals surface area contributed by atoms with E-state index in [1.165, 1.54) is 12.1 Å². The van der Waals surface area contributed by atoms with Crippen molar-refractivity contribution < 1.29 is 22.6 Å². The van der Waals surface area contributed by atoms with Gasteiger partial charge in [0.2, 0.25) is 0 Å². The number of rotatable bonds is 8. The van der Waals surface area contributed by atoms with Gasteiger partial charge in [0.05, 0.1) is 18.8 Å². The number of hydrogen-bond donors (Lipinski definition) is 1. The van der Waals surface area contributed by atoms with Crippen LogP contribution in [0.25, 0.3) is 0 Å². The lowest BCUT2D eigenvalue weighted by Crippen LogP contribution is -2.52. The van der Waals surface area contributed by atoms with E-state index in [0.29, 0.717) is 51.7 Å². The number of anilines is 1. The van der Waals surface area contributed by atoms with Crippen LogP contribution >= 0.6 is 0 Å². The fourth-order valence-corrected chi connectivity index (χ4v) is 3.01. The minimum atomic E-state index is -4.32. The number of guanidine groups is 1. The summed E-state index contributed by atoms with van der Waals surface area (Å²) in [6, 6.07) is 5.50. The van der Waals surface area contributed by atoms with Crippen LogP contribution in [-0.2, 0) is 15.7 Å². The molecule has 0 radical (unpaired) electrons. The van der Waals surface area contributed by atoms with Crippen molar-refractivity contribution in [3.05, 3.63) is 29.8 Å². The van der Waals surface area contributed by atoms with Crippen LogP contribution in [0.4, 0.5) is 18.9 Å². The molecule has 1 aromatic carbocycles. The highest BCUT2D eigenvalue weighted by molar-refractivity contribution is 5.80. The number of nitrogens with one attached hydrogen (secondary N) is 1. The van der Waals surface area contributed by atoms with E-state index in [4.69, 9.17) is 9.47 Å². The Bertz CT molecular complexity index is 617. The van der Waals surface area contributed by atoms with Crippen LogP contribution in [0.5, 0.6) is 0 Å². The van der Waals surface area contributed by atoms with Gasteiger partial charge in [-0.2, -0.15) is 13.2 Å². The van der Waals surface area contributed by atoms with Crippen molar-refractivity contribution in [2.24, 2.45) is 4.99 Å². The quantitative estimate of drug-likeness (QED) is 0.411. The molecule has 9 heteroatoms. The molecule has 1 fully saturated rings. The van der Waals surface area contributed by atoms with E-state index in [2.05, 4.69) is 15.2 Å². The van der Waals surface area contributed by atoms with Gasteiger partial charge in [-0.3, -0.25) is 4.99 Å². The maximum atomic E-state index is 12.9. The highest BCUT2D eigenvalue weighted by Gasteiger charge is 2.31. The van der Waals surface area contributed by atoms with Gasteiger partial charge in [0.1, 0.15) is 0 Å². The summed E-state index contributed by atoms with van der Waals surface area (Å²) >= 11 is 0. The third-order valence-electron chi connectivity index (χ3n) is 4.51. The van der Waals surface area contributed by atoms with E-state index >= 15 is 0 Å². The van der Waals surface area contributed by atoms with Crippen molar-refractivity contribution in [1.29, 1.82) is 0 Å². The molecule has 0 bridgehead atoms. The molecule has 0 spiro atoms. The Morgan fingerprint density at radius 1 is 1.14 bits per heavy atom. The Morgan fingerprint density at radius 3 is 2.54 bits per heavy atom. The van der Waals surface area contributed by atoms with E-state index in [9.17, 15) is 13.2 Å². The van der Waals surface area contributed by atoms with Crippen molar-refractivity contribution in [3.8, 4) is 0 Å². The average molecular weight is 402 g/mol. The number of halogens is 3. The minimum absolute atomic E-state index is 0.586. The summed E-state index contributed by atoms with van der Waals surface area (Å²) in [4.78, 5) is 8.40. The van der Waals surface area contributed by atoms with E-state index < -0.39 is 11.7 Å². The van der Waals surface area contributed by atoms with Gasteiger partial charge in [0.25, 0.3) is 0 Å². The molecular weight excluding hydrogens is 373 g/mol. The second kappa shape index (κ2) is 11.1. The first kappa shape index (κ1) is 22.3. The molecule has 2 rings (SSSR count). The number of alkyl halides is 3. The monoisotopic (exact) mass is 402 g/mol. The molecule has 1 heterocycles. The number of ether oxygens (including phenoxy) is 2. The molecule has 0 saturated carbocycles. The molecule has 0 atom stereocenters. The number of hydrogen-bond acceptors (Lipinski definition) is 4. The topological polar surface area (TPSA) is 49.3 Å². The lowest BCUT2D eigenvalue weighted by molar-refractivity contribution is -0.137. The first-order valence-electron chi connectivity index (χ1n) is 9.40. The van der Waals surface area contributed by atoms with Crippen LogP contribution in [0.1, 0.15) is 12.0 Å². The summed E-state index contributed by atoms with van der Waals surface area (Å²) < 4.78 is 49.1. The number of benzene rings is 1. The van der Waals surface area contributed by atoms with Gasteiger partial charge in [-0.1, -0.05) is 6.07 Å². The molecule has 6 nitrogen and oxygen atoms in total. The molecule has 0 amide bonds. The SMILES string of the molecule is CN=C(NCCCOCCOC)N1CCN(c2cccc(C(F)(F)F)c2)CC1. The first-order chi connectivity index (χ1) is 13.5. The standard InChI is InChI=1S/C19H29F3N4O2/c1-23-18(24-7-4-12-28-14-13-27-2)26-10-8-25(9-11-26)17-6-3-5-16(15-17)19(20,21)22/h3,5-6,15H,4,7-14H2,1-2H3,(H,23,24). The van der Waals surface area contributed by atoms with E-state index in [0.717, 1.165) is 25.0 Å². The molecule has 1 saturated heterocycles. The van der Waals surface area contributed by atoms with Gasteiger partial charge < -0.3 is 24.6 Å².